The molecule has 3 amide bonds. The number of aryl methyl sites for hydroxylation is 1. The zero-order chi connectivity index (χ0) is 18.4. The molecule has 2 aliphatic rings. The molecule has 1 aliphatic carbocycles. The Hall–Kier alpha value is -2.51. The van der Waals surface area contributed by atoms with Crippen LogP contribution in [0.4, 0.5) is 4.79 Å². The van der Waals surface area contributed by atoms with Gasteiger partial charge in [-0.05, 0) is 41.8 Å². The largest absolute Gasteiger partial charge is 0.325 e. The molecule has 5 rings (SSSR count). The number of hydrogen-bond acceptors (Lipinski definition) is 5. The predicted molar refractivity (Wildman–Crippen MR) is 106 cm³/mol. The van der Waals surface area contributed by atoms with Crippen molar-refractivity contribution < 1.29 is 9.59 Å². The van der Waals surface area contributed by atoms with Crippen molar-refractivity contribution in [1.82, 2.24) is 15.2 Å². The van der Waals surface area contributed by atoms with Gasteiger partial charge < -0.3 is 5.32 Å². The van der Waals surface area contributed by atoms with Crippen molar-refractivity contribution in [3.63, 3.8) is 0 Å². The Morgan fingerprint density at radius 1 is 1.15 bits per heavy atom. The lowest BCUT2D eigenvalue weighted by atomic mass is 9.76. The summed E-state index contributed by atoms with van der Waals surface area (Å²) < 4.78 is 0. The van der Waals surface area contributed by atoms with Crippen LogP contribution in [0.2, 0.25) is 0 Å². The second kappa shape index (κ2) is 6.28. The number of aromatic nitrogens is 1. The number of nitrogens with zero attached hydrogens (tertiary/aromatic N) is 2. The topological polar surface area (TPSA) is 62.3 Å². The van der Waals surface area contributed by atoms with Gasteiger partial charge in [0, 0.05) is 5.38 Å². The molecule has 1 spiro atoms. The maximum absolute atomic E-state index is 13.3. The average Bonchev–Trinajstić information content (AvgIpc) is 3.40. The van der Waals surface area contributed by atoms with Crippen LogP contribution in [-0.4, -0.2) is 21.8 Å². The predicted octanol–water partition coefficient (Wildman–Crippen LogP) is 4.16. The van der Waals surface area contributed by atoms with Gasteiger partial charge in [0.2, 0.25) is 0 Å². The maximum Gasteiger partial charge on any atom is 0.325 e. The average molecular weight is 396 g/mol. The number of carbonyl (C=O) groups is 2. The van der Waals surface area contributed by atoms with E-state index >= 15 is 0 Å². The molecule has 1 fully saturated rings. The van der Waals surface area contributed by atoms with Gasteiger partial charge in [0.25, 0.3) is 5.91 Å². The molecule has 0 bridgehead atoms. The van der Waals surface area contributed by atoms with E-state index in [-0.39, 0.29) is 18.5 Å². The summed E-state index contributed by atoms with van der Waals surface area (Å²) in [6.45, 7) is 0.205. The van der Waals surface area contributed by atoms with Crippen LogP contribution in [0.15, 0.2) is 47.2 Å². The van der Waals surface area contributed by atoms with Gasteiger partial charge >= 0.3 is 6.03 Å². The third kappa shape index (κ3) is 2.61. The van der Waals surface area contributed by atoms with Crippen molar-refractivity contribution >= 4 is 34.6 Å². The molecule has 1 atom stereocenters. The number of imide groups is 1. The smallest absolute Gasteiger partial charge is 0.319 e. The van der Waals surface area contributed by atoms with Crippen molar-refractivity contribution in [1.29, 1.82) is 0 Å². The summed E-state index contributed by atoms with van der Waals surface area (Å²) in [7, 11) is 0. The molecule has 3 aromatic rings. The number of carbonyl (C=O) groups excluding carboxylic acids is 2. The van der Waals surface area contributed by atoms with Gasteiger partial charge in [-0.1, -0.05) is 30.3 Å². The summed E-state index contributed by atoms with van der Waals surface area (Å²) in [4.78, 5) is 33.0. The fraction of sp³-hybridized carbons (Fsp3) is 0.250. The number of nitrogens with one attached hydrogen (secondary N) is 1. The quantitative estimate of drug-likeness (QED) is 0.678. The molecule has 0 saturated carbocycles. The Kier molecular flexibility index (Phi) is 3.87. The van der Waals surface area contributed by atoms with Crippen molar-refractivity contribution in [2.75, 3.05) is 0 Å². The van der Waals surface area contributed by atoms with E-state index in [4.69, 9.17) is 0 Å². The van der Waals surface area contributed by atoms with Crippen molar-refractivity contribution in [2.24, 2.45) is 0 Å². The van der Waals surface area contributed by atoms with Gasteiger partial charge in [0.05, 0.1) is 17.1 Å². The molecule has 0 radical (unpaired) electrons. The Balaban J connectivity index is 1.44. The van der Waals surface area contributed by atoms with Gasteiger partial charge in [0.15, 0.2) is 0 Å². The van der Waals surface area contributed by atoms with Gasteiger partial charge in [-0.2, -0.15) is 0 Å². The SMILES string of the molecule is O=C1N[C@@]2(CCCc3ccccc32)C(=O)N1Cc1csc(-c2cccs2)n1. The van der Waals surface area contributed by atoms with E-state index in [1.54, 1.807) is 11.3 Å². The summed E-state index contributed by atoms with van der Waals surface area (Å²) in [5.74, 6) is -0.162. The highest BCUT2D eigenvalue weighted by atomic mass is 32.1. The van der Waals surface area contributed by atoms with E-state index in [9.17, 15) is 9.59 Å². The van der Waals surface area contributed by atoms with E-state index in [0.29, 0.717) is 6.42 Å². The molecule has 3 heterocycles. The second-order valence-electron chi connectivity index (χ2n) is 6.86. The number of benzene rings is 1. The van der Waals surface area contributed by atoms with Gasteiger partial charge in [-0.3, -0.25) is 9.69 Å². The second-order valence-corrected chi connectivity index (χ2v) is 8.66. The van der Waals surface area contributed by atoms with Crippen LogP contribution in [0, 0.1) is 0 Å². The van der Waals surface area contributed by atoms with Crippen molar-refractivity contribution in [3.8, 4) is 9.88 Å². The molecule has 7 heteroatoms. The molecule has 27 heavy (non-hydrogen) atoms. The lowest BCUT2D eigenvalue weighted by Gasteiger charge is -2.33. The summed E-state index contributed by atoms with van der Waals surface area (Å²) in [5, 5.41) is 7.85. The number of rotatable bonds is 3. The minimum atomic E-state index is -0.918. The molecule has 136 valence electrons. The molecular formula is C20H17N3O2S2. The minimum Gasteiger partial charge on any atom is -0.319 e. The maximum atomic E-state index is 13.3. The van der Waals surface area contributed by atoms with Crippen LogP contribution in [0.25, 0.3) is 9.88 Å². The Morgan fingerprint density at radius 3 is 2.89 bits per heavy atom. The molecule has 5 nitrogen and oxygen atoms in total. The normalized spacial score (nSPS) is 21.6. The molecule has 1 aromatic carbocycles. The van der Waals surface area contributed by atoms with Gasteiger partial charge in [0.1, 0.15) is 10.5 Å². The first kappa shape index (κ1) is 16.6. The summed E-state index contributed by atoms with van der Waals surface area (Å²) >= 11 is 3.17. The lowest BCUT2D eigenvalue weighted by molar-refractivity contribution is -0.132. The van der Waals surface area contributed by atoms with E-state index in [2.05, 4.69) is 10.3 Å². The summed E-state index contributed by atoms with van der Waals surface area (Å²) in [6, 6.07) is 11.6. The van der Waals surface area contributed by atoms with Crippen LogP contribution >= 0.6 is 22.7 Å². The minimum absolute atomic E-state index is 0.162. The molecule has 0 unspecified atom stereocenters. The molecular weight excluding hydrogens is 378 g/mol. The highest BCUT2D eigenvalue weighted by molar-refractivity contribution is 7.20. The lowest BCUT2D eigenvalue weighted by Crippen LogP contribution is -2.46. The van der Waals surface area contributed by atoms with Crippen LogP contribution in [0.1, 0.15) is 29.7 Å². The number of urea groups is 1. The van der Waals surface area contributed by atoms with E-state index in [0.717, 1.165) is 39.5 Å². The van der Waals surface area contributed by atoms with Crippen LogP contribution in [0.3, 0.4) is 0 Å². The van der Waals surface area contributed by atoms with Crippen LogP contribution < -0.4 is 5.32 Å². The van der Waals surface area contributed by atoms with E-state index in [1.807, 2.05) is 47.2 Å². The summed E-state index contributed by atoms with van der Waals surface area (Å²) in [5.41, 5.74) is 1.91. The van der Waals surface area contributed by atoms with Crippen molar-refractivity contribution in [2.45, 2.75) is 31.3 Å². The monoisotopic (exact) mass is 395 g/mol. The Labute approximate surface area is 164 Å². The third-order valence-electron chi connectivity index (χ3n) is 5.25. The van der Waals surface area contributed by atoms with Gasteiger partial charge in [-0.25, -0.2) is 9.78 Å². The van der Waals surface area contributed by atoms with Crippen LogP contribution in [-0.2, 0) is 23.3 Å². The molecule has 1 aliphatic heterocycles. The number of amides is 3. The number of thiazole rings is 1. The fourth-order valence-corrected chi connectivity index (χ4v) is 5.64. The molecule has 1 saturated heterocycles. The number of thiophene rings is 1. The zero-order valence-electron chi connectivity index (χ0n) is 14.5. The molecule has 2 aromatic heterocycles. The highest BCUT2D eigenvalue weighted by Gasteiger charge is 2.53. The number of fused-ring (bicyclic) bond motifs is 2. The summed E-state index contributed by atoms with van der Waals surface area (Å²) in [6.07, 6.45) is 2.47. The fourth-order valence-electron chi connectivity index (χ4n) is 4.01. The Morgan fingerprint density at radius 2 is 2.04 bits per heavy atom. The van der Waals surface area contributed by atoms with Gasteiger partial charge in [-0.15, -0.1) is 22.7 Å². The first-order chi connectivity index (χ1) is 13.2. The van der Waals surface area contributed by atoms with Crippen LogP contribution in [0.5, 0.6) is 0 Å². The van der Waals surface area contributed by atoms with E-state index in [1.165, 1.54) is 16.2 Å². The molecule has 1 N–H and O–H groups in total. The standard InChI is InChI=1S/C20H17N3O2S2/c24-18-20(9-3-6-13-5-1-2-7-15(13)20)22-19(25)23(18)11-14-12-27-17(21-14)16-8-4-10-26-16/h1-2,4-5,7-8,10,12H,3,6,9,11H2,(H,22,25)/t20-/m1/s1. The number of hydrogen-bond donors (Lipinski definition) is 1. The Bertz CT molecular complexity index is 1030. The third-order valence-corrected chi connectivity index (χ3v) is 7.18. The highest BCUT2D eigenvalue weighted by Crippen LogP contribution is 2.40. The zero-order valence-corrected chi connectivity index (χ0v) is 16.1. The first-order valence-corrected chi connectivity index (χ1v) is 10.6. The van der Waals surface area contributed by atoms with Crippen molar-refractivity contribution in [3.05, 3.63) is 64.0 Å². The van der Waals surface area contributed by atoms with E-state index < -0.39 is 5.54 Å². The first-order valence-electron chi connectivity index (χ1n) is 8.88.